The second-order valence-corrected chi connectivity index (χ2v) is 5.03. The van der Waals surface area contributed by atoms with Crippen molar-refractivity contribution in [1.82, 2.24) is 0 Å². The van der Waals surface area contributed by atoms with E-state index in [-0.39, 0.29) is 5.75 Å². The molecule has 0 aromatic heterocycles. The molecule has 2 rings (SSSR count). The molecule has 0 unspecified atom stereocenters. The van der Waals surface area contributed by atoms with Gasteiger partial charge in [0.1, 0.15) is 30.2 Å². The first-order chi connectivity index (χ1) is 10.9. The van der Waals surface area contributed by atoms with E-state index in [4.69, 9.17) is 14.6 Å². The maximum atomic E-state index is 11.7. The molecule has 0 saturated carbocycles. The van der Waals surface area contributed by atoms with Crippen LogP contribution < -0.4 is 0 Å². The number of aromatic hydroxyl groups is 1. The minimum atomic E-state index is -1.66. The average molecular weight is 326 g/mol. The normalized spacial score (nSPS) is 31.2. The largest absolute Gasteiger partial charge is 0.507 e. The SMILES string of the molecule is O=C(C=Cc1ccccc1O)O[C@H]1O[C@H](CO)[C@@H](O)[C@H](O)[C@H]1O. The quantitative estimate of drug-likeness (QED) is 0.342. The zero-order valence-electron chi connectivity index (χ0n) is 12.0. The topological polar surface area (TPSA) is 137 Å². The number of hydrogen-bond donors (Lipinski definition) is 5. The Morgan fingerprint density at radius 1 is 1.17 bits per heavy atom. The van der Waals surface area contributed by atoms with Gasteiger partial charge in [-0.1, -0.05) is 18.2 Å². The molecule has 0 amide bonds. The van der Waals surface area contributed by atoms with Gasteiger partial charge in [-0.15, -0.1) is 0 Å². The Bertz CT molecular complexity index is 570. The Morgan fingerprint density at radius 3 is 2.52 bits per heavy atom. The van der Waals surface area contributed by atoms with Crippen LogP contribution in [0.5, 0.6) is 5.75 Å². The number of aliphatic hydroxyl groups excluding tert-OH is 4. The van der Waals surface area contributed by atoms with Crippen molar-refractivity contribution in [2.75, 3.05) is 6.61 Å². The van der Waals surface area contributed by atoms with Crippen LogP contribution in [0.3, 0.4) is 0 Å². The maximum absolute atomic E-state index is 11.7. The van der Waals surface area contributed by atoms with Crippen LogP contribution in [0.15, 0.2) is 30.3 Å². The van der Waals surface area contributed by atoms with E-state index in [0.717, 1.165) is 6.08 Å². The third-order valence-corrected chi connectivity index (χ3v) is 3.42. The number of ether oxygens (including phenoxy) is 2. The second kappa shape index (κ2) is 7.53. The standard InChI is InChI=1S/C15H18O8/c16-7-10-12(19)13(20)14(21)15(22-10)23-11(18)6-5-8-3-1-2-4-9(8)17/h1-6,10,12-17,19-21H,7H2/t10-,12-,13+,14-,15-/m1/s1. The van der Waals surface area contributed by atoms with E-state index in [1.807, 2.05) is 0 Å². The van der Waals surface area contributed by atoms with Crippen molar-refractivity contribution >= 4 is 12.0 Å². The summed E-state index contributed by atoms with van der Waals surface area (Å²) in [5.74, 6) is -0.915. The van der Waals surface area contributed by atoms with Crippen molar-refractivity contribution in [3.8, 4) is 5.75 Å². The van der Waals surface area contributed by atoms with E-state index in [1.165, 1.54) is 12.1 Å². The van der Waals surface area contributed by atoms with Crippen molar-refractivity contribution in [2.45, 2.75) is 30.7 Å². The molecule has 1 saturated heterocycles. The zero-order chi connectivity index (χ0) is 17.0. The molecule has 1 fully saturated rings. The highest BCUT2D eigenvalue weighted by Crippen LogP contribution is 2.22. The van der Waals surface area contributed by atoms with Gasteiger partial charge in [0.15, 0.2) is 0 Å². The zero-order valence-corrected chi connectivity index (χ0v) is 12.0. The van der Waals surface area contributed by atoms with Gasteiger partial charge >= 0.3 is 5.97 Å². The summed E-state index contributed by atoms with van der Waals surface area (Å²) in [5, 5.41) is 47.5. The van der Waals surface area contributed by atoms with Crippen LogP contribution in [0, 0.1) is 0 Å². The van der Waals surface area contributed by atoms with Gasteiger partial charge in [-0.05, 0) is 12.1 Å². The number of carbonyl (C=O) groups excluding carboxylic acids is 1. The lowest BCUT2D eigenvalue weighted by atomic mass is 9.99. The fourth-order valence-electron chi connectivity index (χ4n) is 2.10. The van der Waals surface area contributed by atoms with E-state index in [1.54, 1.807) is 18.2 Å². The number of esters is 1. The van der Waals surface area contributed by atoms with Crippen LogP contribution in [0.25, 0.3) is 6.08 Å². The van der Waals surface area contributed by atoms with E-state index in [0.29, 0.717) is 5.56 Å². The van der Waals surface area contributed by atoms with Gasteiger partial charge in [0.05, 0.1) is 6.61 Å². The lowest BCUT2D eigenvalue weighted by Crippen LogP contribution is -2.59. The third kappa shape index (κ3) is 4.06. The summed E-state index contributed by atoms with van der Waals surface area (Å²) in [7, 11) is 0. The van der Waals surface area contributed by atoms with Gasteiger partial charge in [-0.3, -0.25) is 0 Å². The van der Waals surface area contributed by atoms with Crippen LogP contribution in [0.4, 0.5) is 0 Å². The minimum Gasteiger partial charge on any atom is -0.507 e. The molecule has 5 atom stereocenters. The summed E-state index contributed by atoms with van der Waals surface area (Å²) in [5.41, 5.74) is 0.387. The van der Waals surface area contributed by atoms with E-state index in [9.17, 15) is 25.2 Å². The Kier molecular flexibility index (Phi) is 5.69. The molecule has 5 N–H and O–H groups in total. The Morgan fingerprint density at radius 2 is 1.87 bits per heavy atom. The fraction of sp³-hybridized carbons (Fsp3) is 0.400. The van der Waals surface area contributed by atoms with Gasteiger partial charge in [0.2, 0.25) is 6.29 Å². The number of aliphatic hydroxyl groups is 4. The van der Waals surface area contributed by atoms with Crippen LogP contribution in [-0.4, -0.2) is 68.8 Å². The summed E-state index contributed by atoms with van der Waals surface area (Å²) < 4.78 is 9.89. The van der Waals surface area contributed by atoms with E-state index >= 15 is 0 Å². The van der Waals surface area contributed by atoms with Crippen molar-refractivity contribution in [3.05, 3.63) is 35.9 Å². The minimum absolute atomic E-state index is 0.0237. The predicted molar refractivity (Wildman–Crippen MR) is 77.0 cm³/mol. The summed E-state index contributed by atoms with van der Waals surface area (Å²) in [6.45, 7) is -0.618. The average Bonchev–Trinajstić information content (AvgIpc) is 2.54. The first-order valence-corrected chi connectivity index (χ1v) is 6.91. The number of para-hydroxylation sites is 1. The molecule has 126 valence electrons. The van der Waals surface area contributed by atoms with Crippen molar-refractivity contribution in [2.24, 2.45) is 0 Å². The summed E-state index contributed by atoms with van der Waals surface area (Å²) >= 11 is 0. The van der Waals surface area contributed by atoms with Gasteiger partial charge < -0.3 is 35.0 Å². The highest BCUT2D eigenvalue weighted by Gasteiger charge is 2.45. The maximum Gasteiger partial charge on any atom is 0.333 e. The van der Waals surface area contributed by atoms with Gasteiger partial charge in [0.25, 0.3) is 0 Å². The van der Waals surface area contributed by atoms with Crippen molar-refractivity contribution < 1.29 is 39.8 Å². The first-order valence-electron chi connectivity index (χ1n) is 6.91. The molecule has 1 heterocycles. The molecule has 0 aliphatic carbocycles. The van der Waals surface area contributed by atoms with Crippen LogP contribution in [0.1, 0.15) is 5.56 Å². The molecule has 0 bridgehead atoms. The van der Waals surface area contributed by atoms with Crippen molar-refractivity contribution in [1.29, 1.82) is 0 Å². The number of benzene rings is 1. The Hall–Kier alpha value is -1.97. The smallest absolute Gasteiger partial charge is 0.333 e. The highest BCUT2D eigenvalue weighted by molar-refractivity contribution is 5.87. The molecule has 1 aliphatic rings. The van der Waals surface area contributed by atoms with Gasteiger partial charge in [-0.2, -0.15) is 0 Å². The third-order valence-electron chi connectivity index (χ3n) is 3.42. The molecule has 1 aromatic rings. The van der Waals surface area contributed by atoms with Crippen LogP contribution in [-0.2, 0) is 14.3 Å². The molecule has 23 heavy (non-hydrogen) atoms. The number of carbonyl (C=O) groups is 1. The molecule has 0 spiro atoms. The molecule has 1 aliphatic heterocycles. The number of hydrogen-bond acceptors (Lipinski definition) is 8. The molecule has 0 radical (unpaired) electrons. The lowest BCUT2D eigenvalue weighted by molar-refractivity contribution is -0.291. The van der Waals surface area contributed by atoms with Crippen LogP contribution in [0.2, 0.25) is 0 Å². The van der Waals surface area contributed by atoms with Crippen LogP contribution >= 0.6 is 0 Å². The summed E-state index contributed by atoms with van der Waals surface area (Å²) in [6, 6.07) is 6.32. The Balaban J connectivity index is 2.00. The monoisotopic (exact) mass is 326 g/mol. The fourth-order valence-corrected chi connectivity index (χ4v) is 2.10. The van der Waals surface area contributed by atoms with Crippen molar-refractivity contribution in [3.63, 3.8) is 0 Å². The molecule has 1 aromatic carbocycles. The van der Waals surface area contributed by atoms with Gasteiger partial charge in [0, 0.05) is 11.6 Å². The molecular formula is C15H18O8. The first kappa shape index (κ1) is 17.4. The number of phenols is 1. The summed E-state index contributed by atoms with van der Waals surface area (Å²) in [4.78, 5) is 11.7. The molecule has 8 heteroatoms. The number of rotatable bonds is 4. The Labute approximate surface area is 131 Å². The van der Waals surface area contributed by atoms with Gasteiger partial charge in [-0.25, -0.2) is 4.79 Å². The molecule has 8 nitrogen and oxygen atoms in total. The number of phenolic OH excluding ortho intramolecular Hbond substituents is 1. The van der Waals surface area contributed by atoms with E-state index in [2.05, 4.69) is 0 Å². The lowest BCUT2D eigenvalue weighted by Gasteiger charge is -2.38. The second-order valence-electron chi connectivity index (χ2n) is 5.03. The summed E-state index contributed by atoms with van der Waals surface area (Å²) in [6.07, 6.45) is -5.18. The predicted octanol–water partition coefficient (Wildman–Crippen LogP) is -1.25. The molecular weight excluding hydrogens is 308 g/mol. The van der Waals surface area contributed by atoms with E-state index < -0.39 is 43.3 Å². The highest BCUT2D eigenvalue weighted by atomic mass is 16.7.